The highest BCUT2D eigenvalue weighted by molar-refractivity contribution is 5.67. The Morgan fingerprint density at radius 3 is 3.17 bits per heavy atom. The van der Waals surface area contributed by atoms with E-state index in [9.17, 15) is 14.9 Å². The Morgan fingerprint density at radius 1 is 1.72 bits per heavy atom. The number of nitrogens with one attached hydrogen (secondary N) is 1. The quantitative estimate of drug-likeness (QED) is 0.612. The van der Waals surface area contributed by atoms with E-state index in [1.165, 1.54) is 6.20 Å². The summed E-state index contributed by atoms with van der Waals surface area (Å²) in [5, 5.41) is 25.6. The molecule has 0 amide bonds. The lowest BCUT2D eigenvalue weighted by molar-refractivity contribution is -0.388. The predicted molar refractivity (Wildman–Crippen MR) is 62.4 cm³/mol. The zero-order valence-corrected chi connectivity index (χ0v) is 9.70. The molecule has 0 saturated carbocycles. The van der Waals surface area contributed by atoms with Gasteiger partial charge in [0.2, 0.25) is 0 Å². The van der Waals surface area contributed by atoms with Crippen molar-refractivity contribution >= 4 is 17.5 Å². The van der Waals surface area contributed by atoms with Gasteiger partial charge in [-0.1, -0.05) is 5.10 Å². The number of carbonyl (C=O) groups is 1. The zero-order chi connectivity index (χ0) is 13.1. The van der Waals surface area contributed by atoms with Crippen molar-refractivity contribution < 1.29 is 14.8 Å². The standard InChI is InChI=1S/C10H14N4O4/c15-9(16)4-7-2-1-3-13(6-7)8-5-11-12-10(8)14(17)18/h5,7H,1-4,6H2,(H,11,12)(H,15,16). The summed E-state index contributed by atoms with van der Waals surface area (Å²) in [6.07, 6.45) is 3.19. The van der Waals surface area contributed by atoms with Gasteiger partial charge in [-0.3, -0.25) is 4.79 Å². The number of H-pyrrole nitrogens is 1. The third-order valence-corrected chi connectivity index (χ3v) is 3.11. The van der Waals surface area contributed by atoms with Crippen molar-refractivity contribution in [2.45, 2.75) is 19.3 Å². The number of carboxylic acids is 1. The van der Waals surface area contributed by atoms with Crippen LogP contribution in [0.1, 0.15) is 19.3 Å². The molecule has 2 N–H and O–H groups in total. The number of aliphatic carboxylic acids is 1. The van der Waals surface area contributed by atoms with E-state index in [0.29, 0.717) is 18.8 Å². The lowest BCUT2D eigenvalue weighted by Gasteiger charge is -2.32. The first-order valence-corrected chi connectivity index (χ1v) is 5.72. The van der Waals surface area contributed by atoms with Crippen molar-refractivity contribution in [1.29, 1.82) is 0 Å². The van der Waals surface area contributed by atoms with Gasteiger partial charge in [0.05, 0.1) is 0 Å². The summed E-state index contributed by atoms with van der Waals surface area (Å²) in [7, 11) is 0. The van der Waals surface area contributed by atoms with Crippen molar-refractivity contribution in [1.82, 2.24) is 10.2 Å². The fraction of sp³-hybridized carbons (Fsp3) is 0.600. The molecule has 0 bridgehead atoms. The third-order valence-electron chi connectivity index (χ3n) is 3.11. The number of piperidine rings is 1. The molecule has 98 valence electrons. The zero-order valence-electron chi connectivity index (χ0n) is 9.70. The van der Waals surface area contributed by atoms with E-state index in [0.717, 1.165) is 12.8 Å². The van der Waals surface area contributed by atoms with Gasteiger partial charge in [0.1, 0.15) is 6.20 Å². The molecular weight excluding hydrogens is 240 g/mol. The van der Waals surface area contributed by atoms with Crippen molar-refractivity contribution in [3.63, 3.8) is 0 Å². The summed E-state index contributed by atoms with van der Waals surface area (Å²) in [6, 6.07) is 0. The molecule has 1 aliphatic heterocycles. The third kappa shape index (κ3) is 2.58. The van der Waals surface area contributed by atoms with Gasteiger partial charge >= 0.3 is 11.8 Å². The first-order valence-electron chi connectivity index (χ1n) is 5.72. The van der Waals surface area contributed by atoms with Crippen LogP contribution in [0.15, 0.2) is 6.20 Å². The van der Waals surface area contributed by atoms with Crippen LogP contribution in [0.2, 0.25) is 0 Å². The van der Waals surface area contributed by atoms with Crippen LogP contribution in [0.4, 0.5) is 11.5 Å². The van der Waals surface area contributed by atoms with Gasteiger partial charge in [-0.25, -0.2) is 0 Å². The molecule has 0 spiro atoms. The minimum Gasteiger partial charge on any atom is -0.481 e. The Kier molecular flexibility index (Phi) is 3.45. The summed E-state index contributed by atoms with van der Waals surface area (Å²) in [5.41, 5.74) is 0.440. The molecule has 0 aliphatic carbocycles. The molecule has 0 radical (unpaired) electrons. The second-order valence-electron chi connectivity index (χ2n) is 4.41. The predicted octanol–water partition coefficient (Wildman–Crippen LogP) is 1.01. The van der Waals surface area contributed by atoms with Crippen LogP contribution >= 0.6 is 0 Å². The minimum atomic E-state index is -0.830. The molecule has 8 heteroatoms. The van der Waals surface area contributed by atoms with E-state index < -0.39 is 10.9 Å². The molecule has 0 aromatic carbocycles. The van der Waals surface area contributed by atoms with Gasteiger partial charge in [0.15, 0.2) is 5.69 Å². The summed E-state index contributed by atoms with van der Waals surface area (Å²) in [4.78, 5) is 22.8. The molecule has 1 atom stereocenters. The maximum Gasteiger partial charge on any atom is 0.366 e. The Balaban J connectivity index is 2.10. The van der Waals surface area contributed by atoms with Gasteiger partial charge in [0, 0.05) is 19.5 Å². The Hall–Kier alpha value is -2.12. The monoisotopic (exact) mass is 254 g/mol. The number of aromatic amines is 1. The molecule has 1 fully saturated rings. The van der Waals surface area contributed by atoms with Crippen molar-refractivity contribution in [2.24, 2.45) is 5.92 Å². The summed E-state index contributed by atoms with van der Waals surface area (Å²) in [5.74, 6) is -0.930. The smallest absolute Gasteiger partial charge is 0.366 e. The summed E-state index contributed by atoms with van der Waals surface area (Å²) >= 11 is 0. The van der Waals surface area contributed by atoms with Crippen molar-refractivity contribution in [3.8, 4) is 0 Å². The highest BCUT2D eigenvalue weighted by Crippen LogP contribution is 2.30. The Morgan fingerprint density at radius 2 is 2.50 bits per heavy atom. The second-order valence-corrected chi connectivity index (χ2v) is 4.41. The van der Waals surface area contributed by atoms with E-state index in [1.54, 1.807) is 0 Å². The molecule has 2 rings (SSSR count). The van der Waals surface area contributed by atoms with Gasteiger partial charge < -0.3 is 20.1 Å². The van der Waals surface area contributed by atoms with Crippen LogP contribution in [0.3, 0.4) is 0 Å². The average Bonchev–Trinajstić information content (AvgIpc) is 2.77. The van der Waals surface area contributed by atoms with Crippen LogP contribution in [-0.2, 0) is 4.79 Å². The largest absolute Gasteiger partial charge is 0.481 e. The van der Waals surface area contributed by atoms with Crippen molar-refractivity contribution in [2.75, 3.05) is 18.0 Å². The van der Waals surface area contributed by atoms with E-state index in [-0.39, 0.29) is 18.2 Å². The average molecular weight is 254 g/mol. The van der Waals surface area contributed by atoms with E-state index in [1.807, 2.05) is 4.90 Å². The highest BCUT2D eigenvalue weighted by Gasteiger charge is 2.27. The molecular formula is C10H14N4O4. The number of nitro groups is 1. The van der Waals surface area contributed by atoms with Gasteiger partial charge in [-0.15, -0.1) is 5.10 Å². The number of aromatic nitrogens is 2. The maximum atomic E-state index is 10.8. The van der Waals surface area contributed by atoms with Gasteiger partial charge in [-0.05, 0) is 23.7 Å². The van der Waals surface area contributed by atoms with Crippen LogP contribution in [0.25, 0.3) is 0 Å². The lowest BCUT2D eigenvalue weighted by Crippen LogP contribution is -2.36. The number of hydrogen-bond acceptors (Lipinski definition) is 5. The van der Waals surface area contributed by atoms with Crippen LogP contribution in [-0.4, -0.2) is 39.3 Å². The first kappa shape index (κ1) is 12.3. The topological polar surface area (TPSA) is 112 Å². The highest BCUT2D eigenvalue weighted by atomic mass is 16.6. The number of carboxylic acid groups (broad SMARTS) is 1. The molecule has 18 heavy (non-hydrogen) atoms. The molecule has 2 heterocycles. The normalized spacial score (nSPS) is 19.8. The first-order chi connectivity index (χ1) is 8.58. The Labute approximate surface area is 103 Å². The van der Waals surface area contributed by atoms with E-state index >= 15 is 0 Å². The SMILES string of the molecule is O=C(O)CC1CCCN(c2cn[nH]c2[N+](=O)[O-])C1. The fourth-order valence-electron chi connectivity index (χ4n) is 2.34. The minimum absolute atomic E-state index is 0.0331. The van der Waals surface area contributed by atoms with Crippen LogP contribution in [0.5, 0.6) is 0 Å². The fourth-order valence-corrected chi connectivity index (χ4v) is 2.34. The van der Waals surface area contributed by atoms with E-state index in [4.69, 9.17) is 5.11 Å². The second kappa shape index (κ2) is 5.03. The molecule has 1 unspecified atom stereocenters. The van der Waals surface area contributed by atoms with Crippen LogP contribution < -0.4 is 4.90 Å². The summed E-state index contributed by atoms with van der Waals surface area (Å²) < 4.78 is 0. The van der Waals surface area contributed by atoms with Crippen molar-refractivity contribution in [3.05, 3.63) is 16.3 Å². The maximum absolute atomic E-state index is 10.8. The molecule has 1 saturated heterocycles. The number of hydrogen-bond donors (Lipinski definition) is 2. The molecule has 1 aliphatic rings. The van der Waals surface area contributed by atoms with E-state index in [2.05, 4.69) is 10.2 Å². The molecule has 8 nitrogen and oxygen atoms in total. The number of anilines is 1. The van der Waals surface area contributed by atoms with Crippen LogP contribution in [0, 0.1) is 16.0 Å². The summed E-state index contributed by atoms with van der Waals surface area (Å²) in [6.45, 7) is 1.21. The number of nitrogens with zero attached hydrogens (tertiary/aromatic N) is 3. The number of rotatable bonds is 4. The molecule has 1 aromatic heterocycles. The lowest BCUT2D eigenvalue weighted by atomic mass is 9.94. The van der Waals surface area contributed by atoms with Gasteiger partial charge in [0.25, 0.3) is 0 Å². The Bertz CT molecular complexity index is 458. The van der Waals surface area contributed by atoms with Gasteiger partial charge in [-0.2, -0.15) is 0 Å². The molecule has 1 aromatic rings.